The van der Waals surface area contributed by atoms with E-state index in [4.69, 9.17) is 16.3 Å². The Bertz CT molecular complexity index is 1050. The van der Waals surface area contributed by atoms with Crippen LogP contribution in [0.3, 0.4) is 0 Å². The third-order valence-corrected chi connectivity index (χ3v) is 5.14. The number of para-hydroxylation sites is 1. The summed E-state index contributed by atoms with van der Waals surface area (Å²) in [5.74, 6) is 0.629. The first-order chi connectivity index (χ1) is 14.6. The first-order valence-corrected chi connectivity index (χ1v) is 10.0. The van der Waals surface area contributed by atoms with Gasteiger partial charge in [-0.1, -0.05) is 29.8 Å². The van der Waals surface area contributed by atoms with Crippen molar-refractivity contribution in [1.29, 1.82) is 0 Å². The minimum absolute atomic E-state index is 0.0353. The first kappa shape index (κ1) is 19.9. The number of nitrogens with zero attached hydrogens (tertiary/aromatic N) is 1. The van der Waals surface area contributed by atoms with Gasteiger partial charge in [0.2, 0.25) is 17.7 Å². The van der Waals surface area contributed by atoms with Gasteiger partial charge in [0.1, 0.15) is 5.75 Å². The van der Waals surface area contributed by atoms with E-state index in [9.17, 15) is 9.59 Å². The second kappa shape index (κ2) is 8.97. The molecule has 6 nitrogen and oxygen atoms in total. The largest absolute Gasteiger partial charge is 0.439 e. The smallest absolute Gasteiger partial charge is 0.227 e. The fourth-order valence-corrected chi connectivity index (χ4v) is 3.44. The van der Waals surface area contributed by atoms with Crippen molar-refractivity contribution in [2.24, 2.45) is 5.92 Å². The number of nitrogens with one attached hydrogen (secondary N) is 2. The highest BCUT2D eigenvalue weighted by atomic mass is 35.5. The van der Waals surface area contributed by atoms with Gasteiger partial charge >= 0.3 is 0 Å². The second-order valence-corrected chi connectivity index (χ2v) is 7.51. The number of aromatic nitrogens is 1. The van der Waals surface area contributed by atoms with Crippen LogP contribution >= 0.6 is 11.6 Å². The van der Waals surface area contributed by atoms with E-state index in [1.165, 1.54) is 6.20 Å². The molecule has 7 heteroatoms. The molecule has 0 fully saturated rings. The molecule has 30 heavy (non-hydrogen) atoms. The average molecular weight is 422 g/mol. The number of carbonyl (C=O) groups excluding carboxylic acids is 2. The van der Waals surface area contributed by atoms with Gasteiger partial charge in [0.15, 0.2) is 0 Å². The maximum absolute atomic E-state index is 12.3. The third kappa shape index (κ3) is 4.96. The summed E-state index contributed by atoms with van der Waals surface area (Å²) in [5, 5.41) is 6.35. The predicted molar refractivity (Wildman–Crippen MR) is 116 cm³/mol. The van der Waals surface area contributed by atoms with E-state index in [1.807, 2.05) is 24.3 Å². The van der Waals surface area contributed by atoms with Crippen molar-refractivity contribution >= 4 is 34.8 Å². The summed E-state index contributed by atoms with van der Waals surface area (Å²) in [7, 11) is 0. The number of halogens is 1. The number of fused-ring (bicyclic) bond motifs is 1. The lowest BCUT2D eigenvalue weighted by Crippen LogP contribution is -2.30. The number of amides is 2. The van der Waals surface area contributed by atoms with Crippen LogP contribution in [0.15, 0.2) is 66.9 Å². The summed E-state index contributed by atoms with van der Waals surface area (Å²) in [4.78, 5) is 28.8. The van der Waals surface area contributed by atoms with Gasteiger partial charge in [-0.05, 0) is 54.8 Å². The Morgan fingerprint density at radius 1 is 1.13 bits per heavy atom. The molecule has 0 spiro atoms. The van der Waals surface area contributed by atoms with Crippen molar-refractivity contribution in [2.45, 2.75) is 19.3 Å². The Hall–Kier alpha value is -3.38. The molecule has 1 atom stereocenters. The molecule has 1 aliphatic rings. The molecule has 3 aromatic rings. The zero-order valence-electron chi connectivity index (χ0n) is 16.1. The van der Waals surface area contributed by atoms with Crippen molar-refractivity contribution in [2.75, 3.05) is 10.6 Å². The fraction of sp³-hybridized carbons (Fsp3) is 0.174. The van der Waals surface area contributed by atoms with Crippen LogP contribution in [0.2, 0.25) is 5.02 Å². The molecule has 1 unspecified atom stereocenters. The van der Waals surface area contributed by atoms with Crippen molar-refractivity contribution in [3.05, 3.63) is 77.4 Å². The standard InChI is InChI=1S/C23H20ClN3O3/c24-17-6-9-19(10-7-17)30-22-12-8-18(14-25-22)26-21(28)11-5-16-13-15-3-1-2-4-20(15)27-23(16)29/h1-4,6-10,12,14,16H,5,11,13H2,(H,26,28)(H,27,29). The van der Waals surface area contributed by atoms with Gasteiger partial charge in [0.05, 0.1) is 11.9 Å². The molecule has 4 rings (SSSR count). The zero-order chi connectivity index (χ0) is 20.9. The molecule has 2 aromatic carbocycles. The van der Waals surface area contributed by atoms with E-state index in [1.54, 1.807) is 36.4 Å². The SMILES string of the molecule is O=C(CCC1Cc2ccccc2NC1=O)Nc1ccc(Oc2ccc(Cl)cc2)nc1. The van der Waals surface area contributed by atoms with Gasteiger partial charge in [0.25, 0.3) is 0 Å². The maximum atomic E-state index is 12.3. The molecular weight excluding hydrogens is 402 g/mol. The topological polar surface area (TPSA) is 80.3 Å². The molecule has 152 valence electrons. The van der Waals surface area contributed by atoms with Crippen molar-refractivity contribution < 1.29 is 14.3 Å². The third-order valence-electron chi connectivity index (χ3n) is 4.89. The molecule has 2 N–H and O–H groups in total. The molecule has 0 aliphatic carbocycles. The van der Waals surface area contributed by atoms with E-state index in [-0.39, 0.29) is 24.2 Å². The summed E-state index contributed by atoms with van der Waals surface area (Å²) in [6, 6.07) is 18.1. The minimum Gasteiger partial charge on any atom is -0.439 e. The van der Waals surface area contributed by atoms with Crippen LogP contribution in [0.5, 0.6) is 11.6 Å². The van der Waals surface area contributed by atoms with Crippen LogP contribution < -0.4 is 15.4 Å². The summed E-state index contributed by atoms with van der Waals surface area (Å²) in [6.45, 7) is 0. The Morgan fingerprint density at radius 3 is 2.70 bits per heavy atom. The Balaban J connectivity index is 1.28. The highest BCUT2D eigenvalue weighted by molar-refractivity contribution is 6.30. The van der Waals surface area contributed by atoms with E-state index in [0.717, 1.165) is 11.3 Å². The van der Waals surface area contributed by atoms with Gasteiger partial charge < -0.3 is 15.4 Å². The fourth-order valence-electron chi connectivity index (χ4n) is 3.31. The summed E-state index contributed by atoms with van der Waals surface area (Å²) in [6.07, 6.45) is 2.92. The van der Waals surface area contributed by atoms with Gasteiger partial charge in [-0.25, -0.2) is 4.98 Å². The normalized spacial score (nSPS) is 15.1. The van der Waals surface area contributed by atoms with Crippen LogP contribution in [0, 0.1) is 5.92 Å². The highest BCUT2D eigenvalue weighted by Gasteiger charge is 2.26. The minimum atomic E-state index is -0.209. The van der Waals surface area contributed by atoms with Crippen molar-refractivity contribution in [3.63, 3.8) is 0 Å². The Labute approximate surface area is 179 Å². The summed E-state index contributed by atoms with van der Waals surface area (Å²) in [5.41, 5.74) is 2.53. The zero-order valence-corrected chi connectivity index (χ0v) is 16.9. The first-order valence-electron chi connectivity index (χ1n) is 9.65. The molecular formula is C23H20ClN3O3. The lowest BCUT2D eigenvalue weighted by molar-refractivity contribution is -0.121. The number of rotatable bonds is 6. The number of carbonyl (C=O) groups is 2. The highest BCUT2D eigenvalue weighted by Crippen LogP contribution is 2.28. The lowest BCUT2D eigenvalue weighted by Gasteiger charge is -2.24. The van der Waals surface area contributed by atoms with Gasteiger partial charge in [-0.2, -0.15) is 0 Å². The van der Waals surface area contributed by atoms with E-state index >= 15 is 0 Å². The molecule has 2 heterocycles. The molecule has 0 radical (unpaired) electrons. The molecule has 1 aliphatic heterocycles. The van der Waals surface area contributed by atoms with Crippen LogP contribution in [-0.4, -0.2) is 16.8 Å². The van der Waals surface area contributed by atoms with E-state index in [2.05, 4.69) is 15.6 Å². The Morgan fingerprint density at radius 2 is 1.93 bits per heavy atom. The summed E-state index contributed by atoms with van der Waals surface area (Å²) >= 11 is 5.86. The number of ether oxygens (including phenoxy) is 1. The average Bonchev–Trinajstić information content (AvgIpc) is 2.75. The van der Waals surface area contributed by atoms with Crippen LogP contribution in [-0.2, 0) is 16.0 Å². The van der Waals surface area contributed by atoms with Gasteiger partial charge in [-0.15, -0.1) is 0 Å². The van der Waals surface area contributed by atoms with E-state index in [0.29, 0.717) is 35.2 Å². The predicted octanol–water partition coefficient (Wildman–Crippen LogP) is 5.06. The molecule has 0 bridgehead atoms. The van der Waals surface area contributed by atoms with Gasteiger partial charge in [-0.3, -0.25) is 9.59 Å². The molecule has 1 aromatic heterocycles. The van der Waals surface area contributed by atoms with Gasteiger partial charge in [0, 0.05) is 29.1 Å². The number of hydrogen-bond acceptors (Lipinski definition) is 4. The van der Waals surface area contributed by atoms with Crippen molar-refractivity contribution in [1.82, 2.24) is 4.98 Å². The number of benzene rings is 2. The van der Waals surface area contributed by atoms with Crippen LogP contribution in [0.1, 0.15) is 18.4 Å². The lowest BCUT2D eigenvalue weighted by atomic mass is 9.89. The number of hydrogen-bond donors (Lipinski definition) is 2. The molecule has 0 saturated heterocycles. The Kier molecular flexibility index (Phi) is 5.95. The monoisotopic (exact) mass is 421 g/mol. The molecule has 0 saturated carbocycles. The quantitative estimate of drug-likeness (QED) is 0.583. The van der Waals surface area contributed by atoms with E-state index < -0.39 is 0 Å². The second-order valence-electron chi connectivity index (χ2n) is 7.08. The van der Waals surface area contributed by atoms with Crippen LogP contribution in [0.4, 0.5) is 11.4 Å². The van der Waals surface area contributed by atoms with Crippen LogP contribution in [0.25, 0.3) is 0 Å². The molecule has 2 amide bonds. The number of anilines is 2. The number of pyridine rings is 1. The van der Waals surface area contributed by atoms with Crippen molar-refractivity contribution in [3.8, 4) is 11.6 Å². The maximum Gasteiger partial charge on any atom is 0.227 e. The summed E-state index contributed by atoms with van der Waals surface area (Å²) < 4.78 is 5.63.